The summed E-state index contributed by atoms with van der Waals surface area (Å²) in [4.78, 5) is 11.8. The molecule has 0 aromatic carbocycles. The molecule has 4 aliphatic carbocycles. The van der Waals surface area contributed by atoms with Gasteiger partial charge in [-0.1, -0.05) is 6.92 Å². The van der Waals surface area contributed by atoms with Gasteiger partial charge in [0.1, 0.15) is 12.7 Å². The zero-order valence-electron chi connectivity index (χ0n) is 23.3. The number of carbonyl (C=O) groups excluding carboxylic acids is 1. The molecule has 3 N–H and O–H groups in total. The van der Waals surface area contributed by atoms with Gasteiger partial charge in [-0.25, -0.2) is 4.79 Å². The van der Waals surface area contributed by atoms with Crippen molar-refractivity contribution in [3.05, 3.63) is 11.6 Å². The number of cyclic esters (lactones) is 1. The third-order valence-electron chi connectivity index (χ3n) is 12.0. The number of fused-ring (bicyclic) bond motifs is 5. The van der Waals surface area contributed by atoms with Gasteiger partial charge in [-0.3, -0.25) is 0 Å². The van der Waals surface area contributed by atoms with E-state index in [1.54, 1.807) is 20.1 Å². The van der Waals surface area contributed by atoms with E-state index in [4.69, 9.17) is 18.9 Å². The number of ether oxygens (including phenoxy) is 4. The lowest BCUT2D eigenvalue weighted by Gasteiger charge is -2.64. The molecule has 9 heteroatoms. The Labute approximate surface area is 230 Å². The van der Waals surface area contributed by atoms with E-state index in [0.717, 1.165) is 24.8 Å². The summed E-state index contributed by atoms with van der Waals surface area (Å²) in [7, 11) is 1.57. The van der Waals surface area contributed by atoms with Gasteiger partial charge in [0, 0.05) is 31.4 Å². The molecule has 2 aliphatic heterocycles. The third kappa shape index (κ3) is 3.89. The van der Waals surface area contributed by atoms with Crippen LogP contribution < -0.4 is 0 Å². The highest BCUT2D eigenvalue weighted by Crippen LogP contribution is 2.70. The molecule has 6 aliphatic rings. The SMILES string of the molecule is CO[C@@H]1C[C@H](O[C@@H]2CC[C@]3(C#N)[C@H]4CC[C@]5(C)[C@H](C6=CC(=O)OC6)CC[C@]5(O)[C@@H]4CC[C@]3(O)C2)O[C@H](C)[C@@H]1O. The lowest BCUT2D eigenvalue weighted by Crippen LogP contribution is -2.68. The molecule has 0 bridgehead atoms. The van der Waals surface area contributed by atoms with Crippen molar-refractivity contribution in [3.8, 4) is 6.07 Å². The Kier molecular flexibility index (Phi) is 6.73. The molecule has 5 fully saturated rings. The first-order valence-corrected chi connectivity index (χ1v) is 14.8. The van der Waals surface area contributed by atoms with Gasteiger partial charge < -0.3 is 34.3 Å². The van der Waals surface area contributed by atoms with Crippen LogP contribution >= 0.6 is 0 Å². The van der Waals surface area contributed by atoms with Crippen LogP contribution in [0.4, 0.5) is 0 Å². The van der Waals surface area contributed by atoms with Gasteiger partial charge in [-0.05, 0) is 81.6 Å². The topological polar surface area (TPSA) is 138 Å². The number of methoxy groups -OCH3 is 1. The molecule has 4 saturated carbocycles. The number of hydrogen-bond donors (Lipinski definition) is 3. The highest BCUT2D eigenvalue weighted by Gasteiger charge is 2.72. The lowest BCUT2D eigenvalue weighted by molar-refractivity contribution is -0.286. The normalized spacial score (nSPS) is 53.2. The van der Waals surface area contributed by atoms with Crippen molar-refractivity contribution in [2.75, 3.05) is 13.7 Å². The predicted octanol–water partition coefficient (Wildman–Crippen LogP) is 2.76. The molecule has 0 aromatic heterocycles. The average molecular weight is 546 g/mol. The van der Waals surface area contributed by atoms with E-state index in [1.165, 1.54) is 0 Å². The van der Waals surface area contributed by atoms with E-state index in [-0.39, 0.29) is 35.9 Å². The molecule has 216 valence electrons. The maximum absolute atomic E-state index is 12.4. The molecule has 12 atom stereocenters. The largest absolute Gasteiger partial charge is 0.458 e. The number of esters is 1. The Hall–Kier alpha value is -1.54. The van der Waals surface area contributed by atoms with Gasteiger partial charge in [0.05, 0.1) is 41.0 Å². The molecule has 0 spiro atoms. The zero-order valence-corrected chi connectivity index (χ0v) is 23.3. The highest BCUT2D eigenvalue weighted by molar-refractivity contribution is 5.85. The highest BCUT2D eigenvalue weighted by atomic mass is 16.7. The molecule has 1 saturated heterocycles. The number of carbonyl (C=O) groups is 1. The summed E-state index contributed by atoms with van der Waals surface area (Å²) >= 11 is 0. The van der Waals surface area contributed by atoms with Crippen LogP contribution in [0.1, 0.15) is 78.1 Å². The molecular weight excluding hydrogens is 502 g/mol. The molecule has 0 radical (unpaired) electrons. The minimum Gasteiger partial charge on any atom is -0.458 e. The average Bonchev–Trinajstić information content (AvgIpc) is 3.45. The maximum atomic E-state index is 12.4. The number of nitriles is 1. The fraction of sp³-hybridized carbons (Fsp3) is 0.867. The Morgan fingerprint density at radius 2 is 1.87 bits per heavy atom. The monoisotopic (exact) mass is 545 g/mol. The van der Waals surface area contributed by atoms with Crippen molar-refractivity contribution in [3.63, 3.8) is 0 Å². The van der Waals surface area contributed by atoms with E-state index in [1.807, 2.05) is 0 Å². The van der Waals surface area contributed by atoms with Crippen LogP contribution in [-0.2, 0) is 23.7 Å². The van der Waals surface area contributed by atoms with Crippen LogP contribution in [0.15, 0.2) is 11.6 Å². The van der Waals surface area contributed by atoms with Crippen molar-refractivity contribution in [2.45, 2.75) is 120 Å². The molecule has 0 amide bonds. The number of nitrogens with zero attached hydrogens (tertiary/aromatic N) is 1. The summed E-state index contributed by atoms with van der Waals surface area (Å²) < 4.78 is 22.9. The predicted molar refractivity (Wildman–Crippen MR) is 138 cm³/mol. The lowest BCUT2D eigenvalue weighted by atomic mass is 9.41. The van der Waals surface area contributed by atoms with Crippen molar-refractivity contribution < 1.29 is 39.1 Å². The van der Waals surface area contributed by atoms with Crippen molar-refractivity contribution >= 4 is 5.97 Å². The minimum absolute atomic E-state index is 0.0799. The van der Waals surface area contributed by atoms with Crippen molar-refractivity contribution in [1.82, 2.24) is 0 Å². The molecular formula is C30H43NO8. The zero-order chi connectivity index (χ0) is 27.8. The molecule has 9 nitrogen and oxygen atoms in total. The molecule has 39 heavy (non-hydrogen) atoms. The van der Waals surface area contributed by atoms with Crippen LogP contribution in [-0.4, -0.2) is 76.9 Å². The summed E-state index contributed by atoms with van der Waals surface area (Å²) in [6.07, 6.45) is 5.21. The summed E-state index contributed by atoms with van der Waals surface area (Å²) in [6.45, 7) is 4.26. The second kappa shape index (κ2) is 9.50. The summed E-state index contributed by atoms with van der Waals surface area (Å²) in [6, 6.07) is 2.62. The van der Waals surface area contributed by atoms with E-state index in [2.05, 4.69) is 13.0 Å². The van der Waals surface area contributed by atoms with E-state index in [0.29, 0.717) is 51.6 Å². The van der Waals surface area contributed by atoms with Crippen LogP contribution in [0.2, 0.25) is 0 Å². The first-order valence-electron chi connectivity index (χ1n) is 14.8. The fourth-order valence-corrected chi connectivity index (χ4v) is 9.91. The third-order valence-corrected chi connectivity index (χ3v) is 12.0. The summed E-state index contributed by atoms with van der Waals surface area (Å²) in [5, 5.41) is 45.6. The van der Waals surface area contributed by atoms with Crippen LogP contribution in [0.5, 0.6) is 0 Å². The van der Waals surface area contributed by atoms with Crippen LogP contribution in [0.3, 0.4) is 0 Å². The quantitative estimate of drug-likeness (QED) is 0.359. The molecule has 0 aromatic rings. The van der Waals surface area contributed by atoms with Crippen molar-refractivity contribution in [2.24, 2.45) is 28.6 Å². The van der Waals surface area contributed by atoms with Gasteiger partial charge in [-0.15, -0.1) is 0 Å². The summed E-state index contributed by atoms with van der Waals surface area (Å²) in [5.74, 6) is -0.396. The first-order chi connectivity index (χ1) is 18.5. The molecule has 2 heterocycles. The molecule has 6 rings (SSSR count). The van der Waals surface area contributed by atoms with Crippen LogP contribution in [0, 0.1) is 39.9 Å². The van der Waals surface area contributed by atoms with Crippen molar-refractivity contribution in [1.29, 1.82) is 5.26 Å². The number of aliphatic hydroxyl groups is 3. The number of hydrogen-bond acceptors (Lipinski definition) is 9. The Morgan fingerprint density at radius 1 is 1.10 bits per heavy atom. The minimum atomic E-state index is -1.21. The maximum Gasteiger partial charge on any atom is 0.331 e. The van der Waals surface area contributed by atoms with E-state index in [9.17, 15) is 25.4 Å². The second-order valence-corrected chi connectivity index (χ2v) is 13.4. The Balaban J connectivity index is 1.21. The van der Waals surface area contributed by atoms with Crippen LogP contribution in [0.25, 0.3) is 0 Å². The summed E-state index contributed by atoms with van der Waals surface area (Å²) in [5.41, 5.74) is -2.50. The van der Waals surface area contributed by atoms with E-state index >= 15 is 0 Å². The number of aliphatic hydroxyl groups excluding tert-OH is 1. The van der Waals surface area contributed by atoms with E-state index < -0.39 is 40.5 Å². The fourth-order valence-electron chi connectivity index (χ4n) is 9.91. The van der Waals surface area contributed by atoms with Gasteiger partial charge in [0.2, 0.25) is 0 Å². The smallest absolute Gasteiger partial charge is 0.331 e. The first kappa shape index (κ1) is 27.6. The van der Waals surface area contributed by atoms with Gasteiger partial charge in [0.15, 0.2) is 6.29 Å². The standard InChI is InChI=1S/C30H43NO8/c1-17-26(33)23(36-3)13-25(38-17)39-19-4-9-28(16-31)21-5-8-27(2)20(18-12-24(32)37-15-18)7-11-30(27,35)22(21)6-10-29(28,34)14-19/h12,17,19-23,25-26,33-35H,4-11,13-15H2,1-3H3/t17-,19-,20+,21+,22-,23-,25+,26+,27-,28+,29+,30+/m1/s1. The van der Waals surface area contributed by atoms with Gasteiger partial charge in [0.25, 0.3) is 0 Å². The molecule has 0 unspecified atom stereocenters. The second-order valence-electron chi connectivity index (χ2n) is 13.4. The Bertz CT molecular complexity index is 1070. The van der Waals surface area contributed by atoms with Gasteiger partial charge >= 0.3 is 5.97 Å². The Morgan fingerprint density at radius 3 is 2.56 bits per heavy atom. The van der Waals surface area contributed by atoms with Gasteiger partial charge in [-0.2, -0.15) is 5.26 Å². The number of rotatable bonds is 4.